The molecular weight excluding hydrogens is 186 g/mol. The molecule has 0 unspecified atom stereocenters. The molecule has 1 atom stereocenters. The minimum Gasteiger partial charge on any atom is -0.472 e. The van der Waals surface area contributed by atoms with Crippen LogP contribution >= 0.6 is 0 Å². The van der Waals surface area contributed by atoms with Crippen LogP contribution in [-0.2, 0) is 4.74 Å². The second-order valence-corrected chi connectivity index (χ2v) is 4.44. The van der Waals surface area contributed by atoms with Crippen LogP contribution in [0.3, 0.4) is 0 Å². The Bertz CT molecular complexity index is 221. The molecule has 0 bridgehead atoms. The van der Waals surface area contributed by atoms with Crippen molar-refractivity contribution in [2.45, 2.75) is 58.1 Å². The Labute approximate surface area is 93.4 Å². The summed E-state index contributed by atoms with van der Waals surface area (Å²) in [7, 11) is 0. The standard InChI is InChI=1S/C13H23NO/c1-11(2)14-12(3)15-13-9-7-5-4-6-8-10-13/h7,9,11,13-14H,3-6,8,10H2,1-2H3/b9-7+/t13-/m1/s1. The fourth-order valence-corrected chi connectivity index (χ4v) is 1.77. The average Bonchev–Trinajstić information content (AvgIpc) is 2.08. The summed E-state index contributed by atoms with van der Waals surface area (Å²) in [5, 5.41) is 3.18. The molecule has 0 heterocycles. The third kappa shape index (κ3) is 5.50. The van der Waals surface area contributed by atoms with Gasteiger partial charge in [-0.2, -0.15) is 0 Å². The monoisotopic (exact) mass is 209 g/mol. The van der Waals surface area contributed by atoms with Crippen LogP contribution in [0.15, 0.2) is 24.6 Å². The SMILES string of the molecule is C=C(NC(C)C)O[C@@H]1/C=C/CCCCC1. The van der Waals surface area contributed by atoms with Crippen molar-refractivity contribution in [2.75, 3.05) is 0 Å². The van der Waals surface area contributed by atoms with Gasteiger partial charge in [-0.15, -0.1) is 0 Å². The lowest BCUT2D eigenvalue weighted by Crippen LogP contribution is -2.25. The predicted octanol–water partition coefficient (Wildman–Crippen LogP) is 3.36. The molecule has 0 saturated heterocycles. The van der Waals surface area contributed by atoms with Gasteiger partial charge in [0.25, 0.3) is 0 Å². The first-order valence-electron chi connectivity index (χ1n) is 5.97. The Hall–Kier alpha value is -0.920. The molecule has 0 aromatic rings. The summed E-state index contributed by atoms with van der Waals surface area (Å²) >= 11 is 0. The topological polar surface area (TPSA) is 21.3 Å². The van der Waals surface area contributed by atoms with Crippen LogP contribution in [0.4, 0.5) is 0 Å². The highest BCUT2D eigenvalue weighted by Gasteiger charge is 2.09. The third-order valence-electron chi connectivity index (χ3n) is 2.45. The Kier molecular flexibility index (Phi) is 5.30. The van der Waals surface area contributed by atoms with E-state index in [4.69, 9.17) is 4.74 Å². The highest BCUT2D eigenvalue weighted by atomic mass is 16.5. The number of ether oxygens (including phenoxy) is 1. The zero-order valence-electron chi connectivity index (χ0n) is 9.96. The van der Waals surface area contributed by atoms with Crippen LogP contribution in [0.2, 0.25) is 0 Å². The molecular formula is C13H23NO. The zero-order valence-corrected chi connectivity index (χ0v) is 9.96. The summed E-state index contributed by atoms with van der Waals surface area (Å²) in [6.07, 6.45) is 10.8. The van der Waals surface area contributed by atoms with E-state index in [1.54, 1.807) is 0 Å². The fraction of sp³-hybridized carbons (Fsp3) is 0.692. The molecule has 1 aliphatic carbocycles. The molecule has 1 rings (SSSR count). The molecule has 0 amide bonds. The maximum atomic E-state index is 5.75. The van der Waals surface area contributed by atoms with Crippen LogP contribution in [0.1, 0.15) is 46.0 Å². The van der Waals surface area contributed by atoms with Crippen molar-refractivity contribution in [2.24, 2.45) is 0 Å². The van der Waals surface area contributed by atoms with Crippen molar-refractivity contribution in [3.8, 4) is 0 Å². The van der Waals surface area contributed by atoms with E-state index in [2.05, 4.69) is 37.9 Å². The van der Waals surface area contributed by atoms with Crippen LogP contribution in [0, 0.1) is 0 Å². The van der Waals surface area contributed by atoms with E-state index in [0.717, 1.165) is 6.42 Å². The molecule has 0 spiro atoms. The first-order chi connectivity index (χ1) is 7.18. The summed E-state index contributed by atoms with van der Waals surface area (Å²) in [6.45, 7) is 8.05. The van der Waals surface area contributed by atoms with Gasteiger partial charge < -0.3 is 10.1 Å². The van der Waals surface area contributed by atoms with Crippen molar-refractivity contribution >= 4 is 0 Å². The fourth-order valence-electron chi connectivity index (χ4n) is 1.77. The van der Waals surface area contributed by atoms with E-state index in [1.807, 2.05) is 0 Å². The Morgan fingerprint density at radius 3 is 2.93 bits per heavy atom. The van der Waals surface area contributed by atoms with Gasteiger partial charge in [0.05, 0.1) is 0 Å². The maximum absolute atomic E-state index is 5.75. The molecule has 0 aromatic carbocycles. The normalized spacial score (nSPS) is 24.1. The van der Waals surface area contributed by atoms with Gasteiger partial charge in [0.2, 0.25) is 0 Å². The highest BCUT2D eigenvalue weighted by molar-refractivity contribution is 4.94. The molecule has 2 heteroatoms. The summed E-state index contributed by atoms with van der Waals surface area (Å²) in [5.41, 5.74) is 0. The minimum atomic E-state index is 0.212. The van der Waals surface area contributed by atoms with Crippen molar-refractivity contribution in [3.05, 3.63) is 24.6 Å². The van der Waals surface area contributed by atoms with E-state index in [1.165, 1.54) is 25.7 Å². The molecule has 1 N–H and O–H groups in total. The molecule has 0 fully saturated rings. The van der Waals surface area contributed by atoms with E-state index < -0.39 is 0 Å². The summed E-state index contributed by atoms with van der Waals surface area (Å²) in [5.74, 6) is 0.695. The van der Waals surface area contributed by atoms with Crippen LogP contribution < -0.4 is 5.32 Å². The Balaban J connectivity index is 2.34. The molecule has 0 radical (unpaired) electrons. The number of hydrogen-bond donors (Lipinski definition) is 1. The van der Waals surface area contributed by atoms with Gasteiger partial charge in [-0.1, -0.05) is 12.5 Å². The lowest BCUT2D eigenvalue weighted by molar-refractivity contribution is 0.124. The van der Waals surface area contributed by atoms with E-state index in [0.29, 0.717) is 11.9 Å². The van der Waals surface area contributed by atoms with Crippen molar-refractivity contribution < 1.29 is 4.74 Å². The minimum absolute atomic E-state index is 0.212. The highest BCUT2D eigenvalue weighted by Crippen LogP contribution is 2.15. The van der Waals surface area contributed by atoms with E-state index in [-0.39, 0.29) is 6.10 Å². The van der Waals surface area contributed by atoms with Gasteiger partial charge in [0, 0.05) is 6.04 Å². The van der Waals surface area contributed by atoms with Crippen LogP contribution in [0.5, 0.6) is 0 Å². The van der Waals surface area contributed by atoms with Gasteiger partial charge in [0.15, 0.2) is 5.88 Å². The smallest absolute Gasteiger partial charge is 0.180 e. The lowest BCUT2D eigenvalue weighted by atomic mass is 10.0. The largest absolute Gasteiger partial charge is 0.472 e. The lowest BCUT2D eigenvalue weighted by Gasteiger charge is -2.21. The van der Waals surface area contributed by atoms with Crippen molar-refractivity contribution in [1.29, 1.82) is 0 Å². The van der Waals surface area contributed by atoms with Gasteiger partial charge in [-0.25, -0.2) is 0 Å². The van der Waals surface area contributed by atoms with Gasteiger partial charge in [-0.05, 0) is 52.2 Å². The number of hydrogen-bond acceptors (Lipinski definition) is 2. The maximum Gasteiger partial charge on any atom is 0.180 e. The Morgan fingerprint density at radius 1 is 1.40 bits per heavy atom. The first kappa shape index (κ1) is 12.2. The molecule has 0 aliphatic heterocycles. The summed E-state index contributed by atoms with van der Waals surface area (Å²) in [4.78, 5) is 0. The van der Waals surface area contributed by atoms with Gasteiger partial charge in [0.1, 0.15) is 6.10 Å². The van der Waals surface area contributed by atoms with Crippen LogP contribution in [-0.4, -0.2) is 12.1 Å². The summed E-state index contributed by atoms with van der Waals surface area (Å²) < 4.78 is 5.75. The summed E-state index contributed by atoms with van der Waals surface area (Å²) in [6, 6.07) is 0.384. The number of allylic oxidation sites excluding steroid dienone is 1. The average molecular weight is 209 g/mol. The zero-order chi connectivity index (χ0) is 11.1. The molecule has 0 saturated carbocycles. The van der Waals surface area contributed by atoms with E-state index in [9.17, 15) is 0 Å². The predicted molar refractivity (Wildman–Crippen MR) is 64.5 cm³/mol. The van der Waals surface area contributed by atoms with Crippen LogP contribution in [0.25, 0.3) is 0 Å². The van der Waals surface area contributed by atoms with Gasteiger partial charge in [-0.3, -0.25) is 0 Å². The third-order valence-corrected chi connectivity index (χ3v) is 2.45. The quantitative estimate of drug-likeness (QED) is 0.566. The Morgan fingerprint density at radius 2 is 2.20 bits per heavy atom. The first-order valence-corrected chi connectivity index (χ1v) is 5.97. The van der Waals surface area contributed by atoms with E-state index >= 15 is 0 Å². The number of nitrogens with one attached hydrogen (secondary N) is 1. The van der Waals surface area contributed by atoms with Gasteiger partial charge >= 0.3 is 0 Å². The number of rotatable bonds is 4. The molecule has 2 nitrogen and oxygen atoms in total. The van der Waals surface area contributed by atoms with Crippen molar-refractivity contribution in [3.63, 3.8) is 0 Å². The molecule has 1 aliphatic rings. The second-order valence-electron chi connectivity index (χ2n) is 4.44. The molecule has 0 aromatic heterocycles. The second kappa shape index (κ2) is 6.54. The van der Waals surface area contributed by atoms with Crippen molar-refractivity contribution in [1.82, 2.24) is 5.32 Å². The molecule has 15 heavy (non-hydrogen) atoms. The molecule has 86 valence electrons.